The van der Waals surface area contributed by atoms with Gasteiger partial charge in [-0.25, -0.2) is 0 Å². The van der Waals surface area contributed by atoms with Gasteiger partial charge in [0.2, 0.25) is 5.91 Å². The first kappa shape index (κ1) is 92.3. The Morgan fingerprint density at radius 1 is 0.298 bits per heavy atom. The van der Waals surface area contributed by atoms with E-state index in [1.54, 1.807) is 0 Å². The maximum absolute atomic E-state index is 12.6. The van der Waals surface area contributed by atoms with E-state index < -0.39 is 12.1 Å². The summed E-state index contributed by atoms with van der Waals surface area (Å²) < 4.78 is 5.52. The summed E-state index contributed by atoms with van der Waals surface area (Å²) in [5.74, 6) is -0.00209. The molecule has 0 saturated heterocycles. The van der Waals surface area contributed by atoms with E-state index in [4.69, 9.17) is 4.74 Å². The summed E-state index contributed by atoms with van der Waals surface area (Å²) in [5.41, 5.74) is 0. The van der Waals surface area contributed by atoms with Crippen molar-refractivity contribution in [2.45, 2.75) is 514 Å². The van der Waals surface area contributed by atoms with Gasteiger partial charge in [0.1, 0.15) is 0 Å². The number of allylic oxidation sites excluding steroid dienone is 4. The zero-order valence-electron chi connectivity index (χ0n) is 64.2. The Bertz CT molecular complexity index is 1480. The van der Waals surface area contributed by atoms with Crippen LogP contribution in [0.3, 0.4) is 0 Å². The Kier molecular flexibility index (Phi) is 82.3. The molecule has 0 spiro atoms. The largest absolute Gasteiger partial charge is 0.466 e. The summed E-state index contributed by atoms with van der Waals surface area (Å²) >= 11 is 0. The molecule has 2 unspecified atom stereocenters. The van der Waals surface area contributed by atoms with Gasteiger partial charge in [-0.3, -0.25) is 9.59 Å². The maximum atomic E-state index is 12.6. The number of rotatable bonds is 83. The van der Waals surface area contributed by atoms with Crippen molar-refractivity contribution < 1.29 is 24.5 Å². The number of esters is 1. The first-order valence-corrected chi connectivity index (χ1v) is 43.6. The van der Waals surface area contributed by atoms with Crippen molar-refractivity contribution in [3.8, 4) is 0 Å². The van der Waals surface area contributed by atoms with E-state index in [0.29, 0.717) is 25.9 Å². The van der Waals surface area contributed by atoms with Gasteiger partial charge >= 0.3 is 5.97 Å². The minimum absolute atomic E-state index is 0.0240. The van der Waals surface area contributed by atoms with E-state index >= 15 is 0 Å². The van der Waals surface area contributed by atoms with Gasteiger partial charge in [-0.2, -0.15) is 0 Å². The van der Waals surface area contributed by atoms with E-state index in [9.17, 15) is 19.8 Å². The van der Waals surface area contributed by atoms with Gasteiger partial charge in [-0.05, 0) is 57.8 Å². The second-order valence-corrected chi connectivity index (χ2v) is 30.2. The molecular formula is C88H171NO5. The van der Waals surface area contributed by atoms with E-state index in [-0.39, 0.29) is 18.5 Å². The fraction of sp³-hybridized carbons (Fsp3) is 0.932. The number of aliphatic hydroxyl groups is 2. The molecule has 0 aromatic carbocycles. The molecule has 6 nitrogen and oxygen atoms in total. The third kappa shape index (κ3) is 79.3. The number of aliphatic hydroxyl groups excluding tert-OH is 2. The summed E-state index contributed by atoms with van der Waals surface area (Å²) in [5, 5.41) is 23.5. The van der Waals surface area contributed by atoms with Crippen LogP contribution < -0.4 is 5.32 Å². The number of ether oxygens (including phenoxy) is 1. The fourth-order valence-corrected chi connectivity index (χ4v) is 14.1. The average molecular weight is 1320 g/mol. The molecule has 0 bridgehead atoms. The van der Waals surface area contributed by atoms with Gasteiger partial charge in [0, 0.05) is 12.8 Å². The summed E-state index contributed by atoms with van der Waals surface area (Å²) in [7, 11) is 0. The molecule has 94 heavy (non-hydrogen) atoms. The number of carbonyl (C=O) groups excluding carboxylic acids is 2. The molecule has 0 radical (unpaired) electrons. The molecule has 0 aliphatic heterocycles. The molecule has 1 amide bonds. The van der Waals surface area contributed by atoms with Gasteiger partial charge in [0.05, 0.1) is 25.4 Å². The number of hydrogen-bond acceptors (Lipinski definition) is 5. The molecule has 2 atom stereocenters. The van der Waals surface area contributed by atoms with Crippen molar-refractivity contribution >= 4 is 11.9 Å². The van der Waals surface area contributed by atoms with E-state index in [1.807, 2.05) is 0 Å². The van der Waals surface area contributed by atoms with Crippen LogP contribution in [-0.4, -0.2) is 47.4 Å². The Balaban J connectivity index is 3.35. The molecule has 0 rings (SSSR count). The highest BCUT2D eigenvalue weighted by atomic mass is 16.5. The number of unbranched alkanes of at least 4 members (excludes halogenated alkanes) is 68. The summed E-state index contributed by atoms with van der Waals surface area (Å²) in [6, 6.07) is -0.541. The maximum Gasteiger partial charge on any atom is 0.305 e. The molecule has 6 heteroatoms. The fourth-order valence-electron chi connectivity index (χ4n) is 14.1. The van der Waals surface area contributed by atoms with E-state index in [2.05, 4.69) is 43.5 Å². The normalized spacial score (nSPS) is 12.5. The SMILES string of the molecule is CCCCCCCCCCCCCCCCCCCCCCCCCC(O)C(CO)NC(=O)CCCCCCCCCCCCCCCCCCC/C=C\C/C=C\CCCCCCCCCCCCCCCOC(=O)CCCCCCCCCCCCCCCCCCC. The minimum Gasteiger partial charge on any atom is -0.466 e. The van der Waals surface area contributed by atoms with E-state index in [1.165, 1.54) is 424 Å². The molecule has 0 aromatic heterocycles. The summed E-state index contributed by atoms with van der Waals surface area (Å²) in [6.45, 7) is 5.02. The van der Waals surface area contributed by atoms with Crippen molar-refractivity contribution in [2.24, 2.45) is 0 Å². The topological polar surface area (TPSA) is 95.9 Å². The first-order valence-electron chi connectivity index (χ1n) is 43.6. The Morgan fingerprint density at radius 2 is 0.532 bits per heavy atom. The highest BCUT2D eigenvalue weighted by molar-refractivity contribution is 5.76. The molecule has 0 fully saturated rings. The van der Waals surface area contributed by atoms with Crippen LogP contribution >= 0.6 is 0 Å². The molecule has 0 aliphatic rings. The lowest BCUT2D eigenvalue weighted by Crippen LogP contribution is -2.45. The predicted molar refractivity (Wildman–Crippen MR) is 417 cm³/mol. The van der Waals surface area contributed by atoms with Crippen molar-refractivity contribution in [3.63, 3.8) is 0 Å². The molecule has 0 saturated carbocycles. The number of carbonyl (C=O) groups is 2. The van der Waals surface area contributed by atoms with Crippen LogP contribution in [0, 0.1) is 0 Å². The zero-order chi connectivity index (χ0) is 67.7. The van der Waals surface area contributed by atoms with Crippen molar-refractivity contribution in [3.05, 3.63) is 24.3 Å². The average Bonchev–Trinajstić information content (AvgIpc) is 3.75. The number of amides is 1. The highest BCUT2D eigenvalue weighted by Crippen LogP contribution is 2.21. The third-order valence-corrected chi connectivity index (χ3v) is 20.8. The molecule has 3 N–H and O–H groups in total. The van der Waals surface area contributed by atoms with Crippen LogP contribution in [0.15, 0.2) is 24.3 Å². The monoisotopic (exact) mass is 1320 g/mol. The Morgan fingerprint density at radius 3 is 0.809 bits per heavy atom. The van der Waals surface area contributed by atoms with Crippen molar-refractivity contribution in [2.75, 3.05) is 13.2 Å². The van der Waals surface area contributed by atoms with E-state index in [0.717, 1.165) is 44.9 Å². The quantitative estimate of drug-likeness (QED) is 0.0320. The van der Waals surface area contributed by atoms with Crippen molar-refractivity contribution in [1.29, 1.82) is 0 Å². The van der Waals surface area contributed by atoms with Gasteiger partial charge in [0.25, 0.3) is 0 Å². The van der Waals surface area contributed by atoms with Crippen molar-refractivity contribution in [1.82, 2.24) is 5.32 Å². The van der Waals surface area contributed by atoms with Crippen LogP contribution in [0.25, 0.3) is 0 Å². The predicted octanol–water partition coefficient (Wildman–Crippen LogP) is 29.2. The molecule has 558 valence electrons. The number of hydrogen-bond donors (Lipinski definition) is 3. The molecule has 0 aromatic rings. The second kappa shape index (κ2) is 83.8. The van der Waals surface area contributed by atoms with Crippen LogP contribution in [0.1, 0.15) is 502 Å². The van der Waals surface area contributed by atoms with Gasteiger partial charge < -0.3 is 20.3 Å². The Labute approximate surface area is 590 Å². The summed E-state index contributed by atoms with van der Waals surface area (Å²) in [6.07, 6.45) is 109. The number of nitrogens with one attached hydrogen (secondary N) is 1. The highest BCUT2D eigenvalue weighted by Gasteiger charge is 2.20. The third-order valence-electron chi connectivity index (χ3n) is 20.8. The van der Waals surface area contributed by atoms with Crippen LogP contribution in [0.2, 0.25) is 0 Å². The zero-order valence-corrected chi connectivity index (χ0v) is 64.2. The standard InChI is InChI=1S/C88H171NO5/c1-3-5-7-9-11-13-15-17-19-21-22-23-39-42-45-49-52-56-60-64-68-72-76-80-86(91)85(84-90)89-87(92)81-77-73-69-65-61-57-53-50-46-43-40-37-35-33-31-29-27-25-24-26-28-30-32-34-36-38-41-44-47-51-55-59-63-67-71-75-79-83-94-88(93)82-78-74-70-66-62-58-54-48-20-18-16-14-12-10-8-6-4-2/h24,26,30,32,85-86,90-91H,3-23,25,27-29,31,33-84H2,1-2H3,(H,89,92)/b26-24-,32-30-. The van der Waals surface area contributed by atoms with Crippen LogP contribution in [0.4, 0.5) is 0 Å². The molecule has 0 aliphatic carbocycles. The lowest BCUT2D eigenvalue weighted by Gasteiger charge is -2.22. The van der Waals surface area contributed by atoms with Crippen LogP contribution in [-0.2, 0) is 14.3 Å². The Hall–Kier alpha value is -1.66. The van der Waals surface area contributed by atoms with Gasteiger partial charge in [0.15, 0.2) is 0 Å². The van der Waals surface area contributed by atoms with Crippen LogP contribution in [0.5, 0.6) is 0 Å². The lowest BCUT2D eigenvalue weighted by molar-refractivity contribution is -0.143. The smallest absolute Gasteiger partial charge is 0.305 e. The first-order chi connectivity index (χ1) is 46.5. The lowest BCUT2D eigenvalue weighted by atomic mass is 10.0. The minimum atomic E-state index is -0.664. The summed E-state index contributed by atoms with van der Waals surface area (Å²) in [4.78, 5) is 24.7. The van der Waals surface area contributed by atoms with Gasteiger partial charge in [-0.1, -0.05) is 456 Å². The molecule has 0 heterocycles. The molecular weight excluding hydrogens is 1150 g/mol. The second-order valence-electron chi connectivity index (χ2n) is 30.2. The van der Waals surface area contributed by atoms with Gasteiger partial charge in [-0.15, -0.1) is 0 Å².